The largest absolute Gasteiger partial charge is 0.339 e. The first-order valence-corrected chi connectivity index (χ1v) is 11.2. The fraction of sp³-hybridized carbons (Fsp3) is 0.318. The van der Waals surface area contributed by atoms with Crippen molar-refractivity contribution in [3.8, 4) is 17.1 Å². The zero-order valence-corrected chi connectivity index (χ0v) is 17.9. The Balaban J connectivity index is 1.61. The molecule has 4 rings (SSSR count). The van der Waals surface area contributed by atoms with Gasteiger partial charge in [0.2, 0.25) is 5.91 Å². The highest BCUT2D eigenvalue weighted by Gasteiger charge is 2.24. The second kappa shape index (κ2) is 9.01. The van der Waals surface area contributed by atoms with Crippen LogP contribution in [0.4, 0.5) is 0 Å². The predicted octanol–water partition coefficient (Wildman–Crippen LogP) is 5.08. The van der Waals surface area contributed by atoms with E-state index in [4.69, 9.17) is 11.6 Å². The second-order valence-electron chi connectivity index (χ2n) is 7.20. The minimum Gasteiger partial charge on any atom is -0.339 e. The van der Waals surface area contributed by atoms with Crippen molar-refractivity contribution in [2.75, 3.05) is 12.3 Å². The van der Waals surface area contributed by atoms with E-state index in [0.29, 0.717) is 22.0 Å². The maximum atomic E-state index is 12.8. The van der Waals surface area contributed by atoms with Gasteiger partial charge in [-0.15, -0.1) is 10.2 Å². The van der Waals surface area contributed by atoms with Gasteiger partial charge in [0.1, 0.15) is 0 Å². The fourth-order valence-electron chi connectivity index (χ4n) is 3.64. The number of piperidine rings is 1. The molecule has 1 saturated heterocycles. The molecule has 0 radical (unpaired) electrons. The quantitative estimate of drug-likeness (QED) is 0.534. The monoisotopic (exact) mass is 426 g/mol. The summed E-state index contributed by atoms with van der Waals surface area (Å²) < 4.78 is 2.00. The zero-order chi connectivity index (χ0) is 20.2. The highest BCUT2D eigenvalue weighted by molar-refractivity contribution is 7.99. The number of aromatic nitrogens is 3. The third-order valence-electron chi connectivity index (χ3n) is 5.20. The van der Waals surface area contributed by atoms with Gasteiger partial charge in [-0.25, -0.2) is 0 Å². The number of nitrogens with zero attached hydrogens (tertiary/aromatic N) is 4. The van der Waals surface area contributed by atoms with Gasteiger partial charge < -0.3 is 4.90 Å². The van der Waals surface area contributed by atoms with Crippen LogP contribution in [0.3, 0.4) is 0 Å². The molecule has 150 valence electrons. The molecular formula is C22H23ClN4OS. The maximum absolute atomic E-state index is 12.8. The van der Waals surface area contributed by atoms with Crippen LogP contribution in [-0.4, -0.2) is 43.9 Å². The molecule has 0 unspecified atom stereocenters. The molecule has 1 aliphatic rings. The van der Waals surface area contributed by atoms with Crippen LogP contribution >= 0.6 is 23.4 Å². The maximum Gasteiger partial charge on any atom is 0.233 e. The number of carbonyl (C=O) groups excluding carboxylic acids is 1. The Morgan fingerprint density at radius 3 is 2.59 bits per heavy atom. The molecule has 0 bridgehead atoms. The van der Waals surface area contributed by atoms with Crippen LogP contribution in [0.25, 0.3) is 17.1 Å². The minimum absolute atomic E-state index is 0.165. The summed E-state index contributed by atoms with van der Waals surface area (Å²) in [5.74, 6) is 1.25. The highest BCUT2D eigenvalue weighted by Crippen LogP contribution is 2.29. The van der Waals surface area contributed by atoms with E-state index in [9.17, 15) is 4.79 Å². The van der Waals surface area contributed by atoms with Gasteiger partial charge >= 0.3 is 0 Å². The van der Waals surface area contributed by atoms with Crippen molar-refractivity contribution in [3.63, 3.8) is 0 Å². The number of thioether (sulfide) groups is 1. The lowest BCUT2D eigenvalue weighted by Gasteiger charge is -2.33. The number of para-hydroxylation sites is 1. The molecule has 0 N–H and O–H groups in total. The first kappa shape index (κ1) is 20.0. The van der Waals surface area contributed by atoms with Crippen molar-refractivity contribution in [2.24, 2.45) is 0 Å². The molecule has 2 heterocycles. The molecule has 5 nitrogen and oxygen atoms in total. The zero-order valence-electron chi connectivity index (χ0n) is 16.3. The molecule has 0 saturated carbocycles. The number of hydrogen-bond acceptors (Lipinski definition) is 4. The summed E-state index contributed by atoms with van der Waals surface area (Å²) in [5, 5.41) is 10.2. The number of hydrogen-bond donors (Lipinski definition) is 0. The summed E-state index contributed by atoms with van der Waals surface area (Å²) in [5.41, 5.74) is 1.89. The topological polar surface area (TPSA) is 51.0 Å². The Labute approximate surface area is 180 Å². The van der Waals surface area contributed by atoms with Crippen LogP contribution in [0.15, 0.2) is 59.8 Å². The van der Waals surface area contributed by atoms with E-state index in [1.165, 1.54) is 18.2 Å². The summed E-state index contributed by atoms with van der Waals surface area (Å²) in [4.78, 5) is 14.8. The van der Waals surface area contributed by atoms with Crippen LogP contribution in [-0.2, 0) is 4.79 Å². The van der Waals surface area contributed by atoms with Crippen molar-refractivity contribution >= 4 is 29.3 Å². The molecule has 7 heteroatoms. The molecule has 1 fully saturated rings. The minimum atomic E-state index is 0.165. The van der Waals surface area contributed by atoms with Gasteiger partial charge in [-0.3, -0.25) is 9.36 Å². The number of halogens is 1. The third-order valence-corrected chi connectivity index (χ3v) is 6.36. The number of carbonyl (C=O) groups is 1. The molecule has 1 aromatic heterocycles. The molecule has 0 aliphatic carbocycles. The summed E-state index contributed by atoms with van der Waals surface area (Å²) >= 11 is 7.48. The summed E-state index contributed by atoms with van der Waals surface area (Å²) in [7, 11) is 0. The lowest BCUT2D eigenvalue weighted by molar-refractivity contribution is -0.131. The Morgan fingerprint density at radius 2 is 1.86 bits per heavy atom. The van der Waals surface area contributed by atoms with E-state index in [-0.39, 0.29) is 5.91 Å². The van der Waals surface area contributed by atoms with Gasteiger partial charge in [0.25, 0.3) is 0 Å². The average molecular weight is 427 g/mol. The number of benzene rings is 2. The third kappa shape index (κ3) is 4.49. The molecule has 1 aliphatic heterocycles. The van der Waals surface area contributed by atoms with Gasteiger partial charge in [0.15, 0.2) is 11.0 Å². The van der Waals surface area contributed by atoms with E-state index < -0.39 is 0 Å². The number of amides is 1. The molecule has 1 atom stereocenters. The summed E-state index contributed by atoms with van der Waals surface area (Å²) in [6, 6.07) is 17.8. The number of likely N-dealkylation sites (tertiary alicyclic amines) is 1. The first-order chi connectivity index (χ1) is 14.1. The van der Waals surface area contributed by atoms with Crippen LogP contribution in [0, 0.1) is 0 Å². The lowest BCUT2D eigenvalue weighted by Crippen LogP contribution is -2.42. The van der Waals surface area contributed by atoms with Gasteiger partial charge in [-0.2, -0.15) is 0 Å². The van der Waals surface area contributed by atoms with E-state index in [2.05, 4.69) is 17.1 Å². The normalized spacial score (nSPS) is 16.8. The van der Waals surface area contributed by atoms with Crippen molar-refractivity contribution in [3.05, 3.63) is 59.6 Å². The van der Waals surface area contributed by atoms with Crippen molar-refractivity contribution in [1.82, 2.24) is 19.7 Å². The predicted molar refractivity (Wildman–Crippen MR) is 118 cm³/mol. The average Bonchev–Trinajstić information content (AvgIpc) is 3.17. The summed E-state index contributed by atoms with van der Waals surface area (Å²) in [6.45, 7) is 2.98. The molecule has 3 aromatic rings. The summed E-state index contributed by atoms with van der Waals surface area (Å²) in [6.07, 6.45) is 3.36. The van der Waals surface area contributed by atoms with E-state index in [1.807, 2.05) is 64.1 Å². The smallest absolute Gasteiger partial charge is 0.233 e. The molecule has 1 amide bonds. The molecule has 0 spiro atoms. The van der Waals surface area contributed by atoms with Gasteiger partial charge in [0.05, 0.1) is 5.75 Å². The van der Waals surface area contributed by atoms with Gasteiger partial charge in [-0.1, -0.05) is 41.6 Å². The fourth-order valence-corrected chi connectivity index (χ4v) is 4.60. The SMILES string of the molecule is C[C@H]1CCCCN1C(=O)CSc1nnc(-c2ccc(Cl)cc2)n1-c1ccccc1. The van der Waals surface area contributed by atoms with E-state index in [0.717, 1.165) is 36.5 Å². The lowest BCUT2D eigenvalue weighted by atomic mass is 10.0. The molecular weight excluding hydrogens is 404 g/mol. The van der Waals surface area contributed by atoms with Crippen LogP contribution < -0.4 is 0 Å². The van der Waals surface area contributed by atoms with Crippen molar-refractivity contribution < 1.29 is 4.79 Å². The van der Waals surface area contributed by atoms with Crippen LogP contribution in [0.5, 0.6) is 0 Å². The van der Waals surface area contributed by atoms with Gasteiger partial charge in [-0.05, 0) is 62.6 Å². The molecule has 2 aromatic carbocycles. The Hall–Kier alpha value is -2.31. The van der Waals surface area contributed by atoms with Crippen molar-refractivity contribution in [2.45, 2.75) is 37.4 Å². The van der Waals surface area contributed by atoms with Crippen LogP contribution in [0.2, 0.25) is 5.02 Å². The number of rotatable bonds is 5. The van der Waals surface area contributed by atoms with Crippen molar-refractivity contribution in [1.29, 1.82) is 0 Å². The standard InChI is InChI=1S/C22H23ClN4OS/c1-16-7-5-6-14-26(16)20(28)15-29-22-25-24-21(17-10-12-18(23)13-11-17)27(22)19-8-3-2-4-9-19/h2-4,8-13,16H,5-7,14-15H2,1H3/t16-/m0/s1. The van der Waals surface area contributed by atoms with Gasteiger partial charge in [0, 0.05) is 28.9 Å². The first-order valence-electron chi connectivity index (χ1n) is 9.82. The molecule has 29 heavy (non-hydrogen) atoms. The Bertz CT molecular complexity index is 974. The van der Waals surface area contributed by atoms with E-state index >= 15 is 0 Å². The highest BCUT2D eigenvalue weighted by atomic mass is 35.5. The Kier molecular flexibility index (Phi) is 6.21. The Morgan fingerprint density at radius 1 is 1.10 bits per heavy atom. The second-order valence-corrected chi connectivity index (χ2v) is 8.58. The van der Waals surface area contributed by atoms with E-state index in [1.54, 1.807) is 0 Å². The van der Waals surface area contributed by atoms with Crippen LogP contribution in [0.1, 0.15) is 26.2 Å².